The molecule has 0 amide bonds. The molecule has 116 valence electrons. The number of halogens is 1. The molecule has 2 aromatic rings. The van der Waals surface area contributed by atoms with Gasteiger partial charge in [-0.1, -0.05) is 18.2 Å². The number of nitrogens with zero attached hydrogens (tertiary/aromatic N) is 3. The molecule has 1 aromatic heterocycles. The number of hydrogen-bond acceptors (Lipinski definition) is 4. The molecule has 0 spiro atoms. The lowest BCUT2D eigenvalue weighted by Gasteiger charge is -2.21. The highest BCUT2D eigenvalue weighted by Gasteiger charge is 2.26. The predicted octanol–water partition coefficient (Wildman–Crippen LogP) is 1.26. The fraction of sp³-hybridized carbons (Fsp3) is 0.308. The fourth-order valence-electron chi connectivity index (χ4n) is 1.71. The Kier molecular flexibility index (Phi) is 5.91. The number of rotatable bonds is 5. The van der Waals surface area contributed by atoms with Crippen molar-refractivity contribution < 1.29 is 8.42 Å². The highest BCUT2D eigenvalue weighted by Crippen LogP contribution is 2.17. The van der Waals surface area contributed by atoms with Crippen LogP contribution in [0, 0.1) is 0 Å². The zero-order chi connectivity index (χ0) is 14.8. The molecule has 1 heterocycles. The van der Waals surface area contributed by atoms with Gasteiger partial charge < -0.3 is 5.73 Å². The Bertz CT molecular complexity index is 672. The van der Waals surface area contributed by atoms with Crippen LogP contribution in [0.3, 0.4) is 0 Å². The second-order valence-electron chi connectivity index (χ2n) is 4.56. The summed E-state index contributed by atoms with van der Waals surface area (Å²) in [5, 5.41) is 4.10. The molecule has 0 saturated carbocycles. The first-order chi connectivity index (χ1) is 9.46. The molecule has 0 aliphatic rings. The Morgan fingerprint density at radius 2 is 1.95 bits per heavy atom. The van der Waals surface area contributed by atoms with Crippen molar-refractivity contribution >= 4 is 22.4 Å². The minimum atomic E-state index is -3.57. The van der Waals surface area contributed by atoms with Crippen molar-refractivity contribution in [3.8, 4) is 5.69 Å². The maximum atomic E-state index is 12.4. The van der Waals surface area contributed by atoms with E-state index in [9.17, 15) is 8.42 Å². The van der Waals surface area contributed by atoms with E-state index in [1.807, 2.05) is 30.3 Å². The molecular formula is C13H19ClN4O2S. The molecule has 1 atom stereocenters. The summed E-state index contributed by atoms with van der Waals surface area (Å²) >= 11 is 0. The van der Waals surface area contributed by atoms with E-state index in [-0.39, 0.29) is 29.9 Å². The van der Waals surface area contributed by atoms with Gasteiger partial charge in [0.1, 0.15) is 4.90 Å². The summed E-state index contributed by atoms with van der Waals surface area (Å²) in [6, 6.07) is 9.08. The Morgan fingerprint density at radius 3 is 2.52 bits per heavy atom. The lowest BCUT2D eigenvalue weighted by atomic mass is 10.3. The predicted molar refractivity (Wildman–Crippen MR) is 84.3 cm³/mol. The molecule has 1 unspecified atom stereocenters. The molecule has 21 heavy (non-hydrogen) atoms. The molecule has 0 radical (unpaired) electrons. The van der Waals surface area contributed by atoms with E-state index in [4.69, 9.17) is 5.73 Å². The summed E-state index contributed by atoms with van der Waals surface area (Å²) < 4.78 is 27.6. The van der Waals surface area contributed by atoms with E-state index >= 15 is 0 Å². The van der Waals surface area contributed by atoms with Crippen LogP contribution in [0.1, 0.15) is 6.92 Å². The largest absolute Gasteiger partial charge is 0.329 e. The van der Waals surface area contributed by atoms with Crippen molar-refractivity contribution in [3.05, 3.63) is 42.7 Å². The van der Waals surface area contributed by atoms with Crippen LogP contribution in [0.15, 0.2) is 47.6 Å². The lowest BCUT2D eigenvalue weighted by molar-refractivity contribution is 0.394. The van der Waals surface area contributed by atoms with Gasteiger partial charge in [0.25, 0.3) is 0 Å². The molecule has 0 bridgehead atoms. The average Bonchev–Trinajstić information content (AvgIpc) is 2.97. The molecule has 2 rings (SSSR count). The van der Waals surface area contributed by atoms with Gasteiger partial charge in [0, 0.05) is 19.6 Å². The van der Waals surface area contributed by atoms with E-state index in [0.717, 1.165) is 5.69 Å². The monoisotopic (exact) mass is 330 g/mol. The Hall–Kier alpha value is -1.41. The van der Waals surface area contributed by atoms with Gasteiger partial charge in [-0.2, -0.15) is 9.40 Å². The minimum Gasteiger partial charge on any atom is -0.329 e. The minimum absolute atomic E-state index is 0. The SMILES string of the molecule is CC(CN)N(C)S(=O)(=O)c1cnn(-c2ccccc2)c1.Cl. The molecule has 6 nitrogen and oxygen atoms in total. The number of nitrogens with two attached hydrogens (primary N) is 1. The van der Waals surface area contributed by atoms with Crippen molar-refractivity contribution in [1.29, 1.82) is 0 Å². The summed E-state index contributed by atoms with van der Waals surface area (Å²) in [6.07, 6.45) is 2.85. The van der Waals surface area contributed by atoms with Crippen LogP contribution in [-0.4, -0.2) is 42.1 Å². The molecule has 0 aliphatic carbocycles. The lowest BCUT2D eigenvalue weighted by Crippen LogP contribution is -2.39. The first-order valence-electron chi connectivity index (χ1n) is 6.25. The molecule has 0 saturated heterocycles. The molecule has 0 aliphatic heterocycles. The first-order valence-corrected chi connectivity index (χ1v) is 7.69. The summed E-state index contributed by atoms with van der Waals surface area (Å²) in [7, 11) is -2.05. The smallest absolute Gasteiger partial charge is 0.246 e. The summed E-state index contributed by atoms with van der Waals surface area (Å²) in [4.78, 5) is 0.157. The van der Waals surface area contributed by atoms with Gasteiger partial charge in [-0.25, -0.2) is 13.1 Å². The molecule has 0 fully saturated rings. The summed E-state index contributed by atoms with van der Waals surface area (Å²) in [6.45, 7) is 2.03. The van der Waals surface area contributed by atoms with Crippen LogP contribution >= 0.6 is 12.4 Å². The Morgan fingerprint density at radius 1 is 1.33 bits per heavy atom. The topological polar surface area (TPSA) is 81.2 Å². The number of sulfonamides is 1. The van der Waals surface area contributed by atoms with Crippen LogP contribution in [0.25, 0.3) is 5.69 Å². The molecular weight excluding hydrogens is 312 g/mol. The fourth-order valence-corrected chi connectivity index (χ4v) is 3.02. The summed E-state index contributed by atoms with van der Waals surface area (Å²) in [5.41, 5.74) is 6.33. The maximum absolute atomic E-state index is 12.4. The third-order valence-corrected chi connectivity index (χ3v) is 5.14. The van der Waals surface area contributed by atoms with E-state index < -0.39 is 10.0 Å². The Balaban J connectivity index is 0.00000220. The third kappa shape index (κ3) is 3.62. The van der Waals surface area contributed by atoms with Gasteiger partial charge in [0.2, 0.25) is 10.0 Å². The second kappa shape index (κ2) is 7.04. The summed E-state index contributed by atoms with van der Waals surface area (Å²) in [5.74, 6) is 0. The maximum Gasteiger partial charge on any atom is 0.246 e. The van der Waals surface area contributed by atoms with Crippen molar-refractivity contribution in [2.75, 3.05) is 13.6 Å². The highest BCUT2D eigenvalue weighted by atomic mass is 35.5. The van der Waals surface area contributed by atoms with Gasteiger partial charge in [-0.05, 0) is 19.1 Å². The number of hydrogen-bond donors (Lipinski definition) is 1. The zero-order valence-electron chi connectivity index (χ0n) is 11.9. The number of benzene rings is 1. The standard InChI is InChI=1S/C13H18N4O2S.ClH/c1-11(8-14)16(2)20(18,19)13-9-15-17(10-13)12-6-4-3-5-7-12;/h3-7,9-11H,8,14H2,1-2H3;1H. The number of likely N-dealkylation sites (N-methyl/N-ethyl adjacent to an activating group) is 1. The van der Waals surface area contributed by atoms with Gasteiger partial charge in [0.05, 0.1) is 18.1 Å². The molecule has 1 aromatic carbocycles. The quantitative estimate of drug-likeness (QED) is 0.895. The third-order valence-electron chi connectivity index (χ3n) is 3.22. The van der Waals surface area contributed by atoms with Crippen LogP contribution in [0.5, 0.6) is 0 Å². The number of aromatic nitrogens is 2. The second-order valence-corrected chi connectivity index (χ2v) is 6.56. The Labute approximate surface area is 131 Å². The van der Waals surface area contributed by atoms with Gasteiger partial charge >= 0.3 is 0 Å². The molecule has 2 N–H and O–H groups in total. The van der Waals surface area contributed by atoms with Gasteiger partial charge in [-0.15, -0.1) is 12.4 Å². The van der Waals surface area contributed by atoms with Crippen molar-refractivity contribution in [2.45, 2.75) is 17.9 Å². The zero-order valence-corrected chi connectivity index (χ0v) is 13.5. The van der Waals surface area contributed by atoms with Crippen LogP contribution in [-0.2, 0) is 10.0 Å². The van der Waals surface area contributed by atoms with Gasteiger partial charge in [0.15, 0.2) is 0 Å². The van der Waals surface area contributed by atoms with Crippen LogP contribution in [0.4, 0.5) is 0 Å². The van der Waals surface area contributed by atoms with E-state index in [2.05, 4.69) is 5.10 Å². The van der Waals surface area contributed by atoms with Crippen LogP contribution in [0.2, 0.25) is 0 Å². The van der Waals surface area contributed by atoms with E-state index in [1.54, 1.807) is 6.92 Å². The normalized spacial score (nSPS) is 13.0. The van der Waals surface area contributed by atoms with Crippen molar-refractivity contribution in [2.24, 2.45) is 5.73 Å². The van der Waals surface area contributed by atoms with E-state index in [0.29, 0.717) is 0 Å². The highest BCUT2D eigenvalue weighted by molar-refractivity contribution is 7.89. The van der Waals surface area contributed by atoms with E-state index in [1.165, 1.54) is 28.4 Å². The van der Waals surface area contributed by atoms with Crippen molar-refractivity contribution in [1.82, 2.24) is 14.1 Å². The van der Waals surface area contributed by atoms with Gasteiger partial charge in [-0.3, -0.25) is 0 Å². The van der Waals surface area contributed by atoms with Crippen molar-refractivity contribution in [3.63, 3.8) is 0 Å². The first kappa shape index (κ1) is 17.6. The molecule has 8 heteroatoms. The average molecular weight is 331 g/mol. The number of para-hydroxylation sites is 1. The van der Waals surface area contributed by atoms with Crippen LogP contribution < -0.4 is 5.73 Å².